The van der Waals surface area contributed by atoms with Gasteiger partial charge in [-0.25, -0.2) is 0 Å². The highest BCUT2D eigenvalue weighted by Gasteiger charge is 2.44. The molecule has 0 spiro atoms. The highest BCUT2D eigenvalue weighted by atomic mass is 32.2. The SMILES string of the molecule is C=CCSC1=C(C#N)[C@H](c2ccc(C)cc2)[C@@H](C(=O)OC)C(=O)N1. The number of carbonyl (C=O) groups is 2. The van der Waals surface area contributed by atoms with Crippen molar-refractivity contribution in [2.24, 2.45) is 5.92 Å². The Morgan fingerprint density at radius 2 is 2.12 bits per heavy atom. The number of methoxy groups -OCH3 is 1. The number of nitrogens with one attached hydrogen (secondary N) is 1. The van der Waals surface area contributed by atoms with Gasteiger partial charge in [0.15, 0.2) is 0 Å². The molecule has 6 heteroatoms. The van der Waals surface area contributed by atoms with Gasteiger partial charge in [-0.2, -0.15) is 5.26 Å². The van der Waals surface area contributed by atoms with E-state index in [-0.39, 0.29) is 0 Å². The van der Waals surface area contributed by atoms with Crippen LogP contribution in [0.4, 0.5) is 0 Å². The van der Waals surface area contributed by atoms with Gasteiger partial charge in [-0.3, -0.25) is 9.59 Å². The first-order valence-corrected chi connectivity index (χ1v) is 8.35. The average Bonchev–Trinajstić information content (AvgIpc) is 2.59. The van der Waals surface area contributed by atoms with Crippen LogP contribution in [0, 0.1) is 24.2 Å². The van der Waals surface area contributed by atoms with Gasteiger partial charge in [0, 0.05) is 11.7 Å². The fourth-order valence-corrected chi connectivity index (χ4v) is 3.38. The first-order valence-electron chi connectivity index (χ1n) is 7.36. The number of nitriles is 1. The maximum atomic E-state index is 12.5. The Morgan fingerprint density at radius 1 is 1.46 bits per heavy atom. The summed E-state index contributed by atoms with van der Waals surface area (Å²) >= 11 is 1.31. The summed E-state index contributed by atoms with van der Waals surface area (Å²) in [5.41, 5.74) is 2.15. The molecule has 2 atom stereocenters. The van der Waals surface area contributed by atoms with Crippen LogP contribution in [-0.4, -0.2) is 24.7 Å². The van der Waals surface area contributed by atoms with E-state index in [1.807, 2.05) is 31.2 Å². The molecule has 5 nitrogen and oxygen atoms in total. The predicted octanol–water partition coefficient (Wildman–Crippen LogP) is 2.65. The van der Waals surface area contributed by atoms with E-state index in [1.165, 1.54) is 18.9 Å². The quantitative estimate of drug-likeness (QED) is 0.505. The zero-order valence-electron chi connectivity index (χ0n) is 13.5. The largest absolute Gasteiger partial charge is 0.468 e. The lowest BCUT2D eigenvalue weighted by atomic mass is 9.78. The summed E-state index contributed by atoms with van der Waals surface area (Å²) in [6.45, 7) is 5.59. The van der Waals surface area contributed by atoms with Gasteiger partial charge in [0.05, 0.1) is 23.8 Å². The van der Waals surface area contributed by atoms with Crippen molar-refractivity contribution in [1.29, 1.82) is 5.26 Å². The van der Waals surface area contributed by atoms with Crippen LogP contribution in [0.2, 0.25) is 0 Å². The standard InChI is InChI=1S/C18H18N2O3S/c1-4-9-24-17-13(10-19)14(12-7-5-11(2)6-8-12)15(16(21)20-17)18(22)23-3/h4-8,14-15H,1,9H2,2-3H3,(H,20,21)/t14-,15+/m0/s1. The molecule has 0 saturated carbocycles. The number of benzene rings is 1. The van der Waals surface area contributed by atoms with Crippen molar-refractivity contribution in [3.8, 4) is 6.07 Å². The fraction of sp³-hybridized carbons (Fsp3) is 0.278. The highest BCUT2D eigenvalue weighted by molar-refractivity contribution is 8.03. The highest BCUT2D eigenvalue weighted by Crippen LogP contribution is 2.40. The molecule has 0 radical (unpaired) electrons. The number of esters is 1. The molecule has 1 N–H and O–H groups in total. The van der Waals surface area contributed by atoms with Gasteiger partial charge in [-0.15, -0.1) is 18.3 Å². The van der Waals surface area contributed by atoms with Crippen LogP contribution in [0.5, 0.6) is 0 Å². The topological polar surface area (TPSA) is 79.2 Å². The lowest BCUT2D eigenvalue weighted by Crippen LogP contribution is -2.44. The molecule has 0 bridgehead atoms. The Balaban J connectivity index is 2.59. The van der Waals surface area contributed by atoms with Gasteiger partial charge >= 0.3 is 5.97 Å². The second-order valence-corrected chi connectivity index (χ2v) is 6.36. The first kappa shape index (κ1) is 17.8. The second-order valence-electron chi connectivity index (χ2n) is 5.33. The van der Waals surface area contributed by atoms with Gasteiger partial charge in [0.1, 0.15) is 5.92 Å². The lowest BCUT2D eigenvalue weighted by molar-refractivity contribution is -0.150. The number of aryl methyl sites for hydroxylation is 1. The molecule has 2 rings (SSSR count). The molecule has 1 aliphatic heterocycles. The molecule has 1 aromatic rings. The van der Waals surface area contributed by atoms with Crippen molar-refractivity contribution < 1.29 is 14.3 Å². The molecule has 0 aromatic heterocycles. The average molecular weight is 342 g/mol. The van der Waals surface area contributed by atoms with E-state index in [0.717, 1.165) is 11.1 Å². The fourth-order valence-electron chi connectivity index (χ4n) is 2.60. The number of rotatable bonds is 5. The third-order valence-electron chi connectivity index (χ3n) is 3.77. The van der Waals surface area contributed by atoms with Crippen molar-refractivity contribution in [1.82, 2.24) is 5.32 Å². The summed E-state index contributed by atoms with van der Waals surface area (Å²) in [4.78, 5) is 24.7. The Bertz CT molecular complexity index is 732. The van der Waals surface area contributed by atoms with E-state index in [2.05, 4.69) is 18.0 Å². The summed E-state index contributed by atoms with van der Waals surface area (Å²) < 4.78 is 4.79. The monoisotopic (exact) mass is 342 g/mol. The van der Waals surface area contributed by atoms with Gasteiger partial charge in [0.2, 0.25) is 5.91 Å². The third kappa shape index (κ3) is 3.52. The van der Waals surface area contributed by atoms with Gasteiger partial charge in [0.25, 0.3) is 0 Å². The summed E-state index contributed by atoms with van der Waals surface area (Å²) in [6.07, 6.45) is 1.69. The zero-order chi connectivity index (χ0) is 17.7. The Hall–Kier alpha value is -2.52. The number of carbonyl (C=O) groups excluding carboxylic acids is 2. The van der Waals surface area contributed by atoms with Crippen molar-refractivity contribution >= 4 is 23.6 Å². The second kappa shape index (κ2) is 7.84. The number of ether oxygens (including phenoxy) is 1. The van der Waals surface area contributed by atoms with Crippen LogP contribution in [0.3, 0.4) is 0 Å². The van der Waals surface area contributed by atoms with Crippen LogP contribution in [-0.2, 0) is 14.3 Å². The summed E-state index contributed by atoms with van der Waals surface area (Å²) in [5, 5.41) is 12.8. The molecule has 1 aromatic carbocycles. The molecular weight excluding hydrogens is 324 g/mol. The number of amides is 1. The smallest absolute Gasteiger partial charge is 0.319 e. The van der Waals surface area contributed by atoms with Crippen LogP contribution in [0.15, 0.2) is 47.5 Å². The first-order chi connectivity index (χ1) is 11.5. The number of hydrogen-bond donors (Lipinski definition) is 1. The Kier molecular flexibility index (Phi) is 5.83. The summed E-state index contributed by atoms with van der Waals surface area (Å²) in [5.74, 6) is -2.31. The maximum Gasteiger partial charge on any atom is 0.319 e. The number of hydrogen-bond acceptors (Lipinski definition) is 5. The summed E-state index contributed by atoms with van der Waals surface area (Å²) in [7, 11) is 1.24. The van der Waals surface area contributed by atoms with Crippen LogP contribution in [0.25, 0.3) is 0 Å². The van der Waals surface area contributed by atoms with E-state index >= 15 is 0 Å². The van der Waals surface area contributed by atoms with E-state index in [9.17, 15) is 14.9 Å². The predicted molar refractivity (Wildman–Crippen MR) is 92.9 cm³/mol. The number of thioether (sulfide) groups is 1. The van der Waals surface area contributed by atoms with Gasteiger partial charge in [-0.05, 0) is 12.5 Å². The maximum absolute atomic E-state index is 12.5. The van der Waals surface area contributed by atoms with Crippen LogP contribution < -0.4 is 5.32 Å². The summed E-state index contributed by atoms with van der Waals surface area (Å²) in [6, 6.07) is 9.61. The van der Waals surface area contributed by atoms with Crippen molar-refractivity contribution in [3.05, 3.63) is 58.6 Å². The van der Waals surface area contributed by atoms with E-state index in [1.54, 1.807) is 6.08 Å². The van der Waals surface area contributed by atoms with E-state index in [0.29, 0.717) is 16.4 Å². The van der Waals surface area contributed by atoms with Gasteiger partial charge in [-0.1, -0.05) is 35.9 Å². The minimum Gasteiger partial charge on any atom is -0.468 e. The van der Waals surface area contributed by atoms with Crippen LogP contribution >= 0.6 is 11.8 Å². The molecule has 24 heavy (non-hydrogen) atoms. The number of allylic oxidation sites excluding steroid dienone is 1. The molecule has 0 saturated heterocycles. The van der Waals surface area contributed by atoms with Crippen LogP contribution in [0.1, 0.15) is 17.0 Å². The Morgan fingerprint density at radius 3 is 2.67 bits per heavy atom. The lowest BCUT2D eigenvalue weighted by Gasteiger charge is -2.30. The molecule has 1 heterocycles. The molecule has 124 valence electrons. The molecule has 0 fully saturated rings. The normalized spacial score (nSPS) is 20.1. The van der Waals surface area contributed by atoms with E-state index in [4.69, 9.17) is 4.74 Å². The molecular formula is C18H18N2O3S. The zero-order valence-corrected chi connectivity index (χ0v) is 14.4. The van der Waals surface area contributed by atoms with Crippen molar-refractivity contribution in [3.63, 3.8) is 0 Å². The number of nitrogens with zero attached hydrogens (tertiary/aromatic N) is 1. The third-order valence-corrected chi connectivity index (χ3v) is 4.78. The molecule has 0 unspecified atom stereocenters. The molecule has 1 amide bonds. The Labute approximate surface area is 145 Å². The minimum atomic E-state index is -1.08. The minimum absolute atomic E-state index is 0.362. The van der Waals surface area contributed by atoms with E-state index < -0.39 is 23.7 Å². The van der Waals surface area contributed by atoms with Crippen molar-refractivity contribution in [2.45, 2.75) is 12.8 Å². The van der Waals surface area contributed by atoms with Gasteiger partial charge < -0.3 is 10.1 Å². The molecule has 1 aliphatic rings. The van der Waals surface area contributed by atoms with Crippen molar-refractivity contribution in [2.75, 3.05) is 12.9 Å². The molecule has 0 aliphatic carbocycles.